The van der Waals surface area contributed by atoms with Gasteiger partial charge in [-0.25, -0.2) is 4.79 Å². The van der Waals surface area contributed by atoms with Crippen molar-refractivity contribution in [1.82, 2.24) is 5.32 Å². The molecular formula is C19H21NO6. The van der Waals surface area contributed by atoms with Crippen LogP contribution >= 0.6 is 0 Å². The zero-order valence-corrected chi connectivity index (χ0v) is 14.9. The number of carboxylic acids is 1. The molecule has 0 saturated heterocycles. The number of aromatic carboxylic acids is 1. The minimum Gasteiger partial charge on any atom is -0.478 e. The van der Waals surface area contributed by atoms with Crippen molar-refractivity contribution < 1.29 is 28.6 Å². The van der Waals surface area contributed by atoms with Gasteiger partial charge in [0.2, 0.25) is 6.79 Å². The van der Waals surface area contributed by atoms with Crippen LogP contribution in [0.2, 0.25) is 0 Å². The molecule has 1 amide bonds. The van der Waals surface area contributed by atoms with Crippen molar-refractivity contribution in [3.05, 3.63) is 46.9 Å². The average Bonchev–Trinajstić information content (AvgIpc) is 3.25. The summed E-state index contributed by atoms with van der Waals surface area (Å²) in [4.78, 5) is 23.6. The number of hydrogen-bond donors (Lipinski definition) is 2. The molecule has 7 nitrogen and oxygen atoms in total. The van der Waals surface area contributed by atoms with E-state index >= 15 is 0 Å². The van der Waals surface area contributed by atoms with Crippen LogP contribution in [0.15, 0.2) is 28.7 Å². The molecule has 138 valence electrons. The minimum absolute atomic E-state index is 0.000682. The van der Waals surface area contributed by atoms with E-state index in [-0.39, 0.29) is 29.3 Å². The molecule has 0 radical (unpaired) electrons. The van der Waals surface area contributed by atoms with Crippen molar-refractivity contribution in [2.24, 2.45) is 0 Å². The fourth-order valence-electron chi connectivity index (χ4n) is 2.79. The van der Waals surface area contributed by atoms with Gasteiger partial charge in [0, 0.05) is 24.4 Å². The van der Waals surface area contributed by atoms with Gasteiger partial charge in [-0.15, -0.1) is 0 Å². The first kappa shape index (κ1) is 17.8. The van der Waals surface area contributed by atoms with Crippen molar-refractivity contribution in [2.45, 2.75) is 32.6 Å². The second kappa shape index (κ2) is 6.74. The number of carbonyl (C=O) groups is 2. The third-order valence-electron chi connectivity index (χ3n) is 4.43. The molecule has 1 aromatic heterocycles. The highest BCUT2D eigenvalue weighted by Gasteiger charge is 2.26. The van der Waals surface area contributed by atoms with Crippen molar-refractivity contribution in [1.29, 1.82) is 0 Å². The first-order valence-electron chi connectivity index (χ1n) is 8.36. The van der Waals surface area contributed by atoms with Crippen LogP contribution in [0.5, 0.6) is 11.5 Å². The lowest BCUT2D eigenvalue weighted by Crippen LogP contribution is -2.36. The quantitative estimate of drug-likeness (QED) is 0.823. The summed E-state index contributed by atoms with van der Waals surface area (Å²) < 4.78 is 16.1. The molecule has 1 aliphatic rings. The van der Waals surface area contributed by atoms with Crippen LogP contribution in [0.4, 0.5) is 0 Å². The number of furan rings is 1. The third-order valence-corrected chi connectivity index (χ3v) is 4.43. The van der Waals surface area contributed by atoms with E-state index in [1.165, 1.54) is 6.07 Å². The maximum absolute atomic E-state index is 12.4. The topological polar surface area (TPSA) is 98.0 Å². The molecule has 0 aliphatic carbocycles. The second-order valence-electron chi connectivity index (χ2n) is 6.74. The molecule has 2 N–H and O–H groups in total. The van der Waals surface area contributed by atoms with Gasteiger partial charge in [-0.3, -0.25) is 4.79 Å². The summed E-state index contributed by atoms with van der Waals surface area (Å²) in [5.74, 6) is 0.133. The zero-order chi connectivity index (χ0) is 18.9. The number of carbonyl (C=O) groups excluding carboxylic acids is 1. The highest BCUT2D eigenvalue weighted by atomic mass is 16.7. The highest BCUT2D eigenvalue weighted by molar-refractivity contribution is 5.96. The molecule has 7 heteroatoms. The lowest BCUT2D eigenvalue weighted by Gasteiger charge is -2.25. The fourth-order valence-corrected chi connectivity index (χ4v) is 2.79. The Balaban J connectivity index is 1.71. The number of ether oxygens (including phenoxy) is 2. The lowest BCUT2D eigenvalue weighted by atomic mass is 9.84. The predicted molar refractivity (Wildman–Crippen MR) is 93.0 cm³/mol. The number of aryl methyl sites for hydroxylation is 1. The number of rotatable bonds is 6. The summed E-state index contributed by atoms with van der Waals surface area (Å²) in [6.07, 6.45) is 0.400. The monoisotopic (exact) mass is 359 g/mol. The van der Waals surface area contributed by atoms with E-state index < -0.39 is 11.9 Å². The molecule has 1 aliphatic heterocycles. The van der Waals surface area contributed by atoms with E-state index in [0.29, 0.717) is 24.5 Å². The molecule has 0 spiro atoms. The van der Waals surface area contributed by atoms with E-state index in [1.807, 2.05) is 32.0 Å². The van der Waals surface area contributed by atoms with Gasteiger partial charge in [0.25, 0.3) is 5.91 Å². The van der Waals surface area contributed by atoms with E-state index in [0.717, 1.165) is 5.56 Å². The van der Waals surface area contributed by atoms with Crippen molar-refractivity contribution in [3.8, 4) is 11.5 Å². The molecule has 2 aromatic rings. The number of nitrogens with one attached hydrogen (secondary N) is 1. The molecular weight excluding hydrogens is 338 g/mol. The molecule has 2 heterocycles. The largest absolute Gasteiger partial charge is 0.478 e. The first-order valence-corrected chi connectivity index (χ1v) is 8.36. The fraction of sp³-hybridized carbons (Fsp3) is 0.368. The summed E-state index contributed by atoms with van der Waals surface area (Å²) >= 11 is 0. The summed E-state index contributed by atoms with van der Waals surface area (Å²) in [6.45, 7) is 6.31. The SMILES string of the molecule is CCc1oc(C(=O)NCC(C)(C)c2ccc3c(c2)OCO3)cc1C(=O)O. The number of fused-ring (bicyclic) bond motifs is 1. The van der Waals surface area contributed by atoms with Gasteiger partial charge in [0.1, 0.15) is 11.3 Å². The average molecular weight is 359 g/mol. The molecule has 0 fully saturated rings. The Morgan fingerprint density at radius 2 is 1.92 bits per heavy atom. The summed E-state index contributed by atoms with van der Waals surface area (Å²) in [5, 5.41) is 12.0. The van der Waals surface area contributed by atoms with Gasteiger partial charge in [-0.1, -0.05) is 26.8 Å². The highest BCUT2D eigenvalue weighted by Crippen LogP contribution is 2.36. The molecule has 3 rings (SSSR count). The maximum atomic E-state index is 12.4. The molecule has 0 saturated carbocycles. The molecule has 26 heavy (non-hydrogen) atoms. The van der Waals surface area contributed by atoms with Crippen molar-refractivity contribution in [3.63, 3.8) is 0 Å². The van der Waals surface area contributed by atoms with E-state index in [2.05, 4.69) is 5.32 Å². The van der Waals surface area contributed by atoms with E-state index in [1.54, 1.807) is 6.92 Å². The van der Waals surface area contributed by atoms with Gasteiger partial charge >= 0.3 is 5.97 Å². The number of amides is 1. The van der Waals surface area contributed by atoms with Crippen LogP contribution in [0.1, 0.15) is 53.0 Å². The van der Waals surface area contributed by atoms with Gasteiger partial charge in [-0.2, -0.15) is 0 Å². The number of carboxylic acid groups (broad SMARTS) is 1. The summed E-state index contributed by atoms with van der Waals surface area (Å²) in [6, 6.07) is 6.95. The van der Waals surface area contributed by atoms with Crippen LogP contribution in [0.3, 0.4) is 0 Å². The van der Waals surface area contributed by atoms with Crippen LogP contribution in [0.25, 0.3) is 0 Å². The Morgan fingerprint density at radius 3 is 2.58 bits per heavy atom. The van der Waals surface area contributed by atoms with Crippen LogP contribution in [-0.4, -0.2) is 30.3 Å². The Morgan fingerprint density at radius 1 is 1.19 bits per heavy atom. The van der Waals surface area contributed by atoms with Crippen LogP contribution < -0.4 is 14.8 Å². The Hall–Kier alpha value is -2.96. The van der Waals surface area contributed by atoms with Crippen molar-refractivity contribution >= 4 is 11.9 Å². The van der Waals surface area contributed by atoms with Gasteiger partial charge in [0.05, 0.1) is 0 Å². The molecule has 0 bridgehead atoms. The summed E-state index contributed by atoms with van der Waals surface area (Å²) in [7, 11) is 0. The normalized spacial score (nSPS) is 12.9. The van der Waals surface area contributed by atoms with Gasteiger partial charge < -0.3 is 24.3 Å². The number of hydrogen-bond acceptors (Lipinski definition) is 5. The Labute approximate surface area is 150 Å². The van der Waals surface area contributed by atoms with Crippen LogP contribution in [0, 0.1) is 0 Å². The molecule has 1 aromatic carbocycles. The summed E-state index contributed by atoms with van der Waals surface area (Å²) in [5.41, 5.74) is 0.640. The Bertz CT molecular complexity index is 852. The molecule has 0 atom stereocenters. The minimum atomic E-state index is -1.11. The predicted octanol–water partition coefficient (Wildman–Crippen LogP) is 2.98. The molecule has 0 unspecified atom stereocenters. The van der Waals surface area contributed by atoms with Crippen molar-refractivity contribution in [2.75, 3.05) is 13.3 Å². The number of benzene rings is 1. The smallest absolute Gasteiger partial charge is 0.339 e. The zero-order valence-electron chi connectivity index (χ0n) is 14.9. The Kier molecular flexibility index (Phi) is 4.63. The van der Waals surface area contributed by atoms with Gasteiger partial charge in [0.15, 0.2) is 17.3 Å². The standard InChI is InChI=1S/C19H21NO6/c1-4-13-12(18(22)23)8-16(26-13)17(21)20-9-19(2,3)11-5-6-14-15(7-11)25-10-24-14/h5-8H,4,9-10H2,1-3H3,(H,20,21)(H,22,23). The van der Waals surface area contributed by atoms with E-state index in [9.17, 15) is 9.59 Å². The lowest BCUT2D eigenvalue weighted by molar-refractivity contribution is 0.0694. The van der Waals surface area contributed by atoms with Gasteiger partial charge in [-0.05, 0) is 17.7 Å². The van der Waals surface area contributed by atoms with Crippen LogP contribution in [-0.2, 0) is 11.8 Å². The first-order chi connectivity index (χ1) is 12.3. The second-order valence-corrected chi connectivity index (χ2v) is 6.74. The van der Waals surface area contributed by atoms with E-state index in [4.69, 9.17) is 19.0 Å². The maximum Gasteiger partial charge on any atom is 0.339 e. The third kappa shape index (κ3) is 3.37.